The Labute approximate surface area is 300 Å². The largest absolute Gasteiger partial charge is 0.456 e. The van der Waals surface area contributed by atoms with E-state index in [4.69, 9.17) is 19.4 Å². The van der Waals surface area contributed by atoms with E-state index < -0.39 is 0 Å². The summed E-state index contributed by atoms with van der Waals surface area (Å²) in [6.45, 7) is 0. The summed E-state index contributed by atoms with van der Waals surface area (Å²) < 4.78 is 6.66. The van der Waals surface area contributed by atoms with Crippen molar-refractivity contribution in [2.45, 2.75) is 12.8 Å². The van der Waals surface area contributed by atoms with Gasteiger partial charge in [0.15, 0.2) is 17.5 Å². The van der Waals surface area contributed by atoms with E-state index in [9.17, 15) is 0 Å². The summed E-state index contributed by atoms with van der Waals surface area (Å²) in [6, 6.07) is 53.1. The molecule has 5 heteroatoms. The van der Waals surface area contributed by atoms with Crippen molar-refractivity contribution in [3.8, 4) is 22.8 Å². The minimum Gasteiger partial charge on any atom is -0.456 e. The van der Waals surface area contributed by atoms with E-state index in [0.717, 1.165) is 68.5 Å². The average molecular weight is 669 g/mol. The van der Waals surface area contributed by atoms with Gasteiger partial charge < -0.3 is 9.32 Å². The number of fused-ring (bicyclic) bond motifs is 5. The SMILES string of the molecule is C1=CCCC(c2nc(-c3ccccc3)nc(-c3ccc4c(c3)oc3cccc(N(c5ccc6ccccc6c5)c5ccc6ccccc6c5)c34)n2)=C1. The van der Waals surface area contributed by atoms with Crippen LogP contribution in [0.2, 0.25) is 0 Å². The van der Waals surface area contributed by atoms with Crippen molar-refractivity contribution in [3.05, 3.63) is 176 Å². The molecule has 0 radical (unpaired) electrons. The Balaban J connectivity index is 1.15. The molecule has 1 aliphatic carbocycles. The van der Waals surface area contributed by atoms with Crippen LogP contribution in [0.1, 0.15) is 18.7 Å². The zero-order chi connectivity index (χ0) is 34.4. The number of aromatic nitrogens is 3. The van der Waals surface area contributed by atoms with Crippen molar-refractivity contribution in [2.75, 3.05) is 4.90 Å². The molecule has 52 heavy (non-hydrogen) atoms. The zero-order valence-electron chi connectivity index (χ0n) is 28.3. The Morgan fingerprint density at radius 1 is 0.500 bits per heavy atom. The van der Waals surface area contributed by atoms with E-state index in [0.29, 0.717) is 17.5 Å². The van der Waals surface area contributed by atoms with Crippen LogP contribution in [0.25, 0.3) is 71.8 Å². The lowest BCUT2D eigenvalue weighted by Gasteiger charge is -2.27. The molecule has 0 saturated carbocycles. The van der Waals surface area contributed by atoms with Crippen LogP contribution in [-0.4, -0.2) is 15.0 Å². The second kappa shape index (κ2) is 12.5. The van der Waals surface area contributed by atoms with Crippen LogP contribution >= 0.6 is 0 Å². The van der Waals surface area contributed by atoms with Crippen molar-refractivity contribution in [1.29, 1.82) is 0 Å². The van der Waals surface area contributed by atoms with Crippen molar-refractivity contribution in [3.63, 3.8) is 0 Å². The standard InChI is InChI=1S/C47H32N4O/c1-3-14-33(15-4-1)45-48-46(34-16-5-2-6-17-34)50-47(49-45)37-24-27-40-43(30-37)52-42-21-11-20-41(44(40)42)51(38-25-22-31-12-7-9-18-35(31)28-38)39-26-23-32-13-8-10-19-36(32)29-39/h1-5,7-16,18-30H,6,17H2. The summed E-state index contributed by atoms with van der Waals surface area (Å²) in [5.74, 6) is 1.99. The van der Waals surface area contributed by atoms with Gasteiger partial charge >= 0.3 is 0 Å². The summed E-state index contributed by atoms with van der Waals surface area (Å²) in [5.41, 5.74) is 7.73. The normalized spacial score (nSPS) is 12.9. The van der Waals surface area contributed by atoms with Crippen molar-refractivity contribution in [2.24, 2.45) is 0 Å². The van der Waals surface area contributed by atoms with Gasteiger partial charge in [0, 0.05) is 27.9 Å². The first-order chi connectivity index (χ1) is 25.7. The van der Waals surface area contributed by atoms with Gasteiger partial charge in [0.05, 0.1) is 11.1 Å². The molecule has 0 spiro atoms. The lowest BCUT2D eigenvalue weighted by Crippen LogP contribution is -2.10. The van der Waals surface area contributed by atoms with Crippen molar-refractivity contribution in [1.82, 2.24) is 15.0 Å². The first-order valence-electron chi connectivity index (χ1n) is 17.7. The Kier molecular flexibility index (Phi) is 7.21. The monoisotopic (exact) mass is 668 g/mol. The zero-order valence-corrected chi connectivity index (χ0v) is 28.3. The first-order valence-corrected chi connectivity index (χ1v) is 17.7. The quantitative estimate of drug-likeness (QED) is 0.176. The molecule has 0 aliphatic heterocycles. The summed E-state index contributed by atoms with van der Waals surface area (Å²) >= 11 is 0. The third-order valence-corrected chi connectivity index (χ3v) is 9.93. The molecule has 246 valence electrons. The summed E-state index contributed by atoms with van der Waals surface area (Å²) in [7, 11) is 0. The number of furan rings is 1. The molecule has 2 heterocycles. The molecule has 0 bridgehead atoms. The van der Waals surface area contributed by atoms with Crippen LogP contribution in [0.5, 0.6) is 0 Å². The van der Waals surface area contributed by atoms with Gasteiger partial charge in [-0.2, -0.15) is 0 Å². The van der Waals surface area contributed by atoms with E-state index in [2.05, 4.69) is 144 Å². The molecule has 7 aromatic carbocycles. The highest BCUT2D eigenvalue weighted by atomic mass is 16.3. The number of nitrogens with zero attached hydrogens (tertiary/aromatic N) is 4. The third-order valence-electron chi connectivity index (χ3n) is 9.93. The third kappa shape index (κ3) is 5.31. The fraction of sp³-hybridized carbons (Fsp3) is 0.0426. The molecule has 0 N–H and O–H groups in total. The summed E-state index contributed by atoms with van der Waals surface area (Å²) in [4.78, 5) is 17.3. The molecular formula is C47H32N4O. The molecular weight excluding hydrogens is 637 g/mol. The number of benzene rings is 7. The maximum Gasteiger partial charge on any atom is 0.164 e. The molecule has 1 aliphatic rings. The highest BCUT2D eigenvalue weighted by Crippen LogP contribution is 2.44. The Hall–Kier alpha value is -6.85. The smallest absolute Gasteiger partial charge is 0.164 e. The maximum atomic E-state index is 6.66. The fourth-order valence-electron chi connectivity index (χ4n) is 7.35. The van der Waals surface area contributed by atoms with Crippen molar-refractivity contribution < 1.29 is 4.42 Å². The molecule has 0 fully saturated rings. The Morgan fingerprint density at radius 2 is 1.15 bits per heavy atom. The van der Waals surface area contributed by atoms with Crippen LogP contribution in [0.4, 0.5) is 17.1 Å². The maximum absolute atomic E-state index is 6.66. The number of allylic oxidation sites excluding steroid dienone is 4. The second-order valence-electron chi connectivity index (χ2n) is 13.2. The second-order valence-corrected chi connectivity index (χ2v) is 13.2. The Bertz CT molecular complexity index is 2790. The first kappa shape index (κ1) is 30.0. The fourth-order valence-corrected chi connectivity index (χ4v) is 7.35. The van der Waals surface area contributed by atoms with Crippen LogP contribution in [0, 0.1) is 0 Å². The van der Waals surface area contributed by atoms with Gasteiger partial charge in [-0.05, 0) is 88.5 Å². The summed E-state index contributed by atoms with van der Waals surface area (Å²) in [6.07, 6.45) is 8.23. The minimum atomic E-state index is 0.621. The van der Waals surface area contributed by atoms with E-state index in [-0.39, 0.29) is 0 Å². The van der Waals surface area contributed by atoms with Crippen LogP contribution < -0.4 is 4.90 Å². The van der Waals surface area contributed by atoms with Gasteiger partial charge in [0.2, 0.25) is 0 Å². The number of anilines is 3. The highest BCUT2D eigenvalue weighted by molar-refractivity contribution is 6.14. The highest BCUT2D eigenvalue weighted by Gasteiger charge is 2.21. The predicted molar refractivity (Wildman–Crippen MR) is 214 cm³/mol. The molecule has 0 amide bonds. The number of rotatable bonds is 6. The number of hydrogen-bond acceptors (Lipinski definition) is 5. The topological polar surface area (TPSA) is 55.1 Å². The van der Waals surface area contributed by atoms with Gasteiger partial charge in [-0.1, -0.05) is 121 Å². The molecule has 2 aromatic heterocycles. The lowest BCUT2D eigenvalue weighted by atomic mass is 10.0. The van der Waals surface area contributed by atoms with Gasteiger partial charge in [0.1, 0.15) is 11.2 Å². The molecule has 0 atom stereocenters. The van der Waals surface area contributed by atoms with E-state index in [1.54, 1.807) is 0 Å². The predicted octanol–water partition coefficient (Wildman–Crippen LogP) is 12.6. The van der Waals surface area contributed by atoms with E-state index >= 15 is 0 Å². The Morgan fingerprint density at radius 3 is 1.85 bits per heavy atom. The minimum absolute atomic E-state index is 0.621. The molecule has 9 aromatic rings. The van der Waals surface area contributed by atoms with Crippen molar-refractivity contribution >= 4 is 66.1 Å². The van der Waals surface area contributed by atoms with Gasteiger partial charge in [-0.25, -0.2) is 15.0 Å². The van der Waals surface area contributed by atoms with Gasteiger partial charge in [0.25, 0.3) is 0 Å². The van der Waals surface area contributed by atoms with E-state index in [1.807, 2.05) is 30.3 Å². The van der Waals surface area contributed by atoms with Gasteiger partial charge in [-0.15, -0.1) is 0 Å². The summed E-state index contributed by atoms with van der Waals surface area (Å²) in [5, 5.41) is 6.86. The molecule has 5 nitrogen and oxygen atoms in total. The van der Waals surface area contributed by atoms with Crippen LogP contribution in [0.15, 0.2) is 174 Å². The van der Waals surface area contributed by atoms with Gasteiger partial charge in [-0.3, -0.25) is 0 Å². The van der Waals surface area contributed by atoms with Crippen LogP contribution in [-0.2, 0) is 0 Å². The lowest BCUT2D eigenvalue weighted by molar-refractivity contribution is 0.669. The molecule has 0 saturated heterocycles. The molecule has 10 rings (SSSR count). The van der Waals surface area contributed by atoms with E-state index in [1.165, 1.54) is 21.5 Å². The van der Waals surface area contributed by atoms with Crippen LogP contribution in [0.3, 0.4) is 0 Å². The number of hydrogen-bond donors (Lipinski definition) is 0. The average Bonchev–Trinajstić information content (AvgIpc) is 3.60. The molecule has 0 unspecified atom stereocenters.